The van der Waals surface area contributed by atoms with Gasteiger partial charge in [0.2, 0.25) is 0 Å². The van der Waals surface area contributed by atoms with Crippen molar-refractivity contribution in [2.75, 3.05) is 19.1 Å². The van der Waals surface area contributed by atoms with Gasteiger partial charge in [0, 0.05) is 5.56 Å². The molecule has 1 aromatic carbocycles. The van der Waals surface area contributed by atoms with Crippen LogP contribution in [0, 0.1) is 0 Å². The van der Waals surface area contributed by atoms with Crippen LogP contribution in [0.1, 0.15) is 24.2 Å². The van der Waals surface area contributed by atoms with Gasteiger partial charge in [0.1, 0.15) is 12.3 Å². The Hall–Kier alpha value is -2.57. The molecule has 7 heteroatoms. The first-order chi connectivity index (χ1) is 10.4. The first kappa shape index (κ1) is 15.8. The maximum atomic E-state index is 12.4. The molecule has 0 N–H and O–H groups in total. The molecular weight excluding hydrogens is 290 g/mol. The van der Waals surface area contributed by atoms with Gasteiger partial charge in [0.05, 0.1) is 19.9 Å². The predicted molar refractivity (Wildman–Crippen MR) is 77.4 cm³/mol. The lowest BCUT2D eigenvalue weighted by Gasteiger charge is -2.36. The number of carbonyl (C=O) groups is 3. The Bertz CT molecular complexity index is 627. The number of rotatable bonds is 4. The third-order valence-corrected chi connectivity index (χ3v) is 3.48. The Morgan fingerprint density at radius 2 is 2.09 bits per heavy atom. The normalized spacial score (nSPS) is 18.1. The molecule has 2 unspecified atom stereocenters. The Labute approximate surface area is 127 Å². The third-order valence-electron chi connectivity index (χ3n) is 3.48. The van der Waals surface area contributed by atoms with Crippen LogP contribution in [0.25, 0.3) is 0 Å². The van der Waals surface area contributed by atoms with Gasteiger partial charge in [-0.3, -0.25) is 14.5 Å². The molecule has 0 radical (unpaired) electrons. The molecule has 0 fully saturated rings. The average Bonchev–Trinajstić information content (AvgIpc) is 2.53. The van der Waals surface area contributed by atoms with Gasteiger partial charge in [-0.25, -0.2) is 4.79 Å². The van der Waals surface area contributed by atoms with E-state index in [2.05, 4.69) is 0 Å². The van der Waals surface area contributed by atoms with Gasteiger partial charge in [-0.2, -0.15) is 0 Å². The van der Waals surface area contributed by atoms with E-state index in [1.54, 1.807) is 13.8 Å². The molecule has 1 aliphatic heterocycles. The third kappa shape index (κ3) is 2.49. The van der Waals surface area contributed by atoms with E-state index in [-0.39, 0.29) is 0 Å². The number of fused-ring (bicyclic) bond motifs is 1. The highest BCUT2D eigenvalue weighted by atomic mass is 16.5. The number of esters is 1. The van der Waals surface area contributed by atoms with Gasteiger partial charge in [-0.05, 0) is 26.0 Å². The highest BCUT2D eigenvalue weighted by Gasteiger charge is 2.39. The van der Waals surface area contributed by atoms with E-state index in [9.17, 15) is 14.4 Å². The number of carbonyl (C=O) groups excluding carboxylic acids is 3. The minimum Gasteiger partial charge on any atom is -0.493 e. The molecule has 1 aliphatic rings. The van der Waals surface area contributed by atoms with Gasteiger partial charge in [-0.1, -0.05) is 0 Å². The molecule has 22 heavy (non-hydrogen) atoms. The fourth-order valence-corrected chi connectivity index (χ4v) is 2.34. The fourth-order valence-electron chi connectivity index (χ4n) is 2.34. The van der Waals surface area contributed by atoms with Crippen molar-refractivity contribution >= 4 is 23.9 Å². The van der Waals surface area contributed by atoms with Gasteiger partial charge < -0.3 is 14.2 Å². The van der Waals surface area contributed by atoms with E-state index in [0.717, 1.165) is 0 Å². The van der Waals surface area contributed by atoms with Crippen LogP contribution in [0.5, 0.6) is 11.5 Å². The summed E-state index contributed by atoms with van der Waals surface area (Å²) in [6.07, 6.45) is -0.151. The monoisotopic (exact) mass is 307 g/mol. The molecule has 2 atom stereocenters. The molecule has 1 amide bonds. The highest BCUT2D eigenvalue weighted by Crippen LogP contribution is 2.43. The lowest BCUT2D eigenvalue weighted by atomic mass is 10.1. The first-order valence-corrected chi connectivity index (χ1v) is 6.69. The summed E-state index contributed by atoms with van der Waals surface area (Å²) in [5.74, 6) is -0.323. The van der Waals surface area contributed by atoms with Crippen molar-refractivity contribution in [3.8, 4) is 11.5 Å². The van der Waals surface area contributed by atoms with Crippen LogP contribution in [0.15, 0.2) is 12.1 Å². The van der Waals surface area contributed by atoms with Crippen molar-refractivity contribution < 1.29 is 28.6 Å². The second kappa shape index (κ2) is 6.05. The second-order valence-corrected chi connectivity index (χ2v) is 4.86. The zero-order chi connectivity index (χ0) is 16.4. The van der Waals surface area contributed by atoms with Crippen molar-refractivity contribution in [3.05, 3.63) is 17.7 Å². The topological polar surface area (TPSA) is 82.1 Å². The van der Waals surface area contributed by atoms with Crippen LogP contribution < -0.4 is 14.4 Å². The Balaban J connectivity index is 2.63. The van der Waals surface area contributed by atoms with Crippen molar-refractivity contribution in [3.63, 3.8) is 0 Å². The quantitative estimate of drug-likeness (QED) is 0.614. The molecule has 2 rings (SSSR count). The van der Waals surface area contributed by atoms with Crippen molar-refractivity contribution in [1.82, 2.24) is 0 Å². The van der Waals surface area contributed by atoms with Crippen LogP contribution in [-0.2, 0) is 14.3 Å². The zero-order valence-electron chi connectivity index (χ0n) is 12.8. The van der Waals surface area contributed by atoms with E-state index < -0.39 is 24.0 Å². The zero-order valence-corrected chi connectivity index (χ0v) is 12.8. The average molecular weight is 307 g/mol. The van der Waals surface area contributed by atoms with Crippen LogP contribution >= 0.6 is 0 Å². The van der Waals surface area contributed by atoms with Crippen LogP contribution in [0.2, 0.25) is 0 Å². The minimum atomic E-state index is -0.853. The van der Waals surface area contributed by atoms with Gasteiger partial charge in [0.15, 0.2) is 17.6 Å². The van der Waals surface area contributed by atoms with Crippen molar-refractivity contribution in [2.45, 2.75) is 26.0 Å². The molecule has 0 bridgehead atoms. The molecule has 7 nitrogen and oxygen atoms in total. The summed E-state index contributed by atoms with van der Waals surface area (Å²) in [7, 11) is 2.68. The van der Waals surface area contributed by atoms with Gasteiger partial charge in [-0.15, -0.1) is 0 Å². The molecule has 0 spiro atoms. The number of aldehydes is 1. The number of nitrogens with zero attached hydrogens (tertiary/aromatic N) is 1. The molecule has 1 aromatic rings. The maximum absolute atomic E-state index is 12.4. The molecule has 1 heterocycles. The highest BCUT2D eigenvalue weighted by molar-refractivity contribution is 6.05. The molecule has 118 valence electrons. The minimum absolute atomic E-state index is 0.308. The molecule has 0 aromatic heterocycles. The molecule has 0 aliphatic carbocycles. The van der Waals surface area contributed by atoms with E-state index in [0.29, 0.717) is 29.0 Å². The van der Waals surface area contributed by atoms with E-state index >= 15 is 0 Å². The molecule has 0 saturated carbocycles. The van der Waals surface area contributed by atoms with Crippen molar-refractivity contribution in [2.24, 2.45) is 0 Å². The summed E-state index contributed by atoms with van der Waals surface area (Å²) in [6, 6.07) is 2.14. The number of anilines is 1. The van der Waals surface area contributed by atoms with Crippen molar-refractivity contribution in [1.29, 1.82) is 0 Å². The Morgan fingerprint density at radius 1 is 1.41 bits per heavy atom. The Kier molecular flexibility index (Phi) is 4.35. The summed E-state index contributed by atoms with van der Waals surface area (Å²) in [5, 5.41) is 0. The molecule has 0 saturated heterocycles. The predicted octanol–water partition coefficient (Wildman–Crippen LogP) is 1.18. The van der Waals surface area contributed by atoms with E-state index in [4.69, 9.17) is 14.2 Å². The van der Waals surface area contributed by atoms with Gasteiger partial charge >= 0.3 is 5.97 Å². The fraction of sp³-hybridized carbons (Fsp3) is 0.400. The summed E-state index contributed by atoms with van der Waals surface area (Å²) in [4.78, 5) is 36.6. The van der Waals surface area contributed by atoms with Crippen LogP contribution in [0.4, 0.5) is 5.69 Å². The smallest absolute Gasteiger partial charge is 0.328 e. The number of ether oxygens (including phenoxy) is 3. The standard InChI is InChI=1S/C15H17NO6/c1-8(15(19)21-4)16-11-5-10(7-17)6-12(20-3)13(11)22-9(2)14(16)18/h5-9H,1-4H3. The van der Waals surface area contributed by atoms with E-state index in [1.165, 1.54) is 31.3 Å². The van der Waals surface area contributed by atoms with Gasteiger partial charge in [0.25, 0.3) is 5.91 Å². The summed E-state index contributed by atoms with van der Waals surface area (Å²) >= 11 is 0. The summed E-state index contributed by atoms with van der Waals surface area (Å²) < 4.78 is 15.5. The lowest BCUT2D eigenvalue weighted by molar-refractivity contribution is -0.143. The number of hydrogen-bond donors (Lipinski definition) is 0. The number of benzene rings is 1. The van der Waals surface area contributed by atoms with Crippen LogP contribution in [-0.4, -0.2) is 44.5 Å². The Morgan fingerprint density at radius 3 is 2.64 bits per heavy atom. The lowest BCUT2D eigenvalue weighted by Crippen LogP contribution is -2.51. The summed E-state index contributed by atoms with van der Waals surface area (Å²) in [5.41, 5.74) is 0.617. The van der Waals surface area contributed by atoms with E-state index in [1.807, 2.05) is 0 Å². The SMILES string of the molecule is COC(=O)C(C)N1C(=O)C(C)Oc2c(OC)cc(C=O)cc21. The number of hydrogen-bond acceptors (Lipinski definition) is 6. The molecular formula is C15H17NO6. The largest absolute Gasteiger partial charge is 0.493 e. The number of amides is 1. The maximum Gasteiger partial charge on any atom is 0.328 e. The second-order valence-electron chi connectivity index (χ2n) is 4.86. The number of methoxy groups -OCH3 is 2. The first-order valence-electron chi connectivity index (χ1n) is 6.69. The summed E-state index contributed by atoms with van der Waals surface area (Å²) in [6.45, 7) is 3.13. The van der Waals surface area contributed by atoms with Crippen LogP contribution in [0.3, 0.4) is 0 Å².